The molecule has 0 radical (unpaired) electrons. The van der Waals surface area contributed by atoms with E-state index in [2.05, 4.69) is 15.3 Å². The number of thiazole rings is 1. The lowest BCUT2D eigenvalue weighted by molar-refractivity contribution is 0.259. The fourth-order valence-corrected chi connectivity index (χ4v) is 1.84. The summed E-state index contributed by atoms with van der Waals surface area (Å²) < 4.78 is 0. The van der Waals surface area contributed by atoms with Crippen molar-refractivity contribution in [3.63, 3.8) is 0 Å². The number of aromatic nitrogens is 2. The highest BCUT2D eigenvalue weighted by molar-refractivity contribution is 7.13. The van der Waals surface area contributed by atoms with Crippen LogP contribution in [0.4, 0.5) is 10.6 Å². The minimum atomic E-state index is -0.610. The Morgan fingerprint density at radius 3 is 2.69 bits per heavy atom. The molecule has 0 atom stereocenters. The molecule has 5 nitrogen and oxygen atoms in total. The summed E-state index contributed by atoms with van der Waals surface area (Å²) in [5.74, 6) is 0.472. The van der Waals surface area contributed by atoms with E-state index in [0.29, 0.717) is 5.82 Å². The molecular formula is C9H9ClN4OS. The van der Waals surface area contributed by atoms with Gasteiger partial charge in [-0.1, -0.05) is 0 Å². The fraction of sp³-hybridized carbons (Fsp3) is 0. The lowest BCUT2D eigenvalue weighted by atomic mass is 10.3. The molecule has 0 unspecified atom stereocenters. The average Bonchev–Trinajstić information content (AvgIpc) is 2.67. The Bertz CT molecular complexity index is 473. The van der Waals surface area contributed by atoms with Crippen LogP contribution in [-0.4, -0.2) is 16.0 Å². The molecule has 2 aromatic rings. The van der Waals surface area contributed by atoms with Crippen LogP contribution in [0.15, 0.2) is 29.9 Å². The molecule has 0 spiro atoms. The molecule has 7 heteroatoms. The summed E-state index contributed by atoms with van der Waals surface area (Å²) in [4.78, 5) is 18.7. The Morgan fingerprint density at radius 1 is 1.38 bits per heavy atom. The maximum atomic E-state index is 10.6. The number of hydrogen-bond acceptors (Lipinski definition) is 4. The van der Waals surface area contributed by atoms with Gasteiger partial charge in [-0.25, -0.2) is 9.78 Å². The van der Waals surface area contributed by atoms with E-state index >= 15 is 0 Å². The van der Waals surface area contributed by atoms with Crippen LogP contribution >= 0.6 is 23.7 Å². The van der Waals surface area contributed by atoms with Gasteiger partial charge in [0.1, 0.15) is 10.8 Å². The SMILES string of the molecule is Cl.NC(=O)Nc1csc(-c2ccncc2)n1. The lowest BCUT2D eigenvalue weighted by Crippen LogP contribution is -2.19. The summed E-state index contributed by atoms with van der Waals surface area (Å²) in [6, 6.07) is 3.10. The van der Waals surface area contributed by atoms with Crippen LogP contribution in [0, 0.1) is 0 Å². The molecule has 0 bridgehead atoms. The monoisotopic (exact) mass is 256 g/mol. The number of hydrogen-bond donors (Lipinski definition) is 2. The van der Waals surface area contributed by atoms with E-state index in [0.717, 1.165) is 10.6 Å². The molecule has 84 valence electrons. The number of carbonyl (C=O) groups excluding carboxylic acids is 1. The summed E-state index contributed by atoms with van der Waals surface area (Å²) in [6.45, 7) is 0. The zero-order chi connectivity index (χ0) is 10.7. The van der Waals surface area contributed by atoms with E-state index < -0.39 is 6.03 Å². The molecule has 0 saturated carbocycles. The van der Waals surface area contributed by atoms with E-state index in [4.69, 9.17) is 5.73 Å². The van der Waals surface area contributed by atoms with Crippen LogP contribution in [0.1, 0.15) is 0 Å². The molecule has 2 heterocycles. The van der Waals surface area contributed by atoms with E-state index in [1.165, 1.54) is 11.3 Å². The first kappa shape index (κ1) is 12.4. The fourth-order valence-electron chi connectivity index (χ4n) is 1.08. The van der Waals surface area contributed by atoms with Gasteiger partial charge in [-0.2, -0.15) is 0 Å². The van der Waals surface area contributed by atoms with Crippen molar-refractivity contribution in [2.75, 3.05) is 5.32 Å². The molecule has 0 saturated heterocycles. The van der Waals surface area contributed by atoms with Crippen molar-refractivity contribution >= 4 is 35.6 Å². The normalized spacial score (nSPS) is 9.25. The second kappa shape index (κ2) is 5.43. The van der Waals surface area contributed by atoms with Crippen molar-refractivity contribution in [3.05, 3.63) is 29.9 Å². The number of carbonyl (C=O) groups is 1. The number of halogens is 1. The predicted molar refractivity (Wildman–Crippen MR) is 65.8 cm³/mol. The van der Waals surface area contributed by atoms with Gasteiger partial charge in [0.2, 0.25) is 0 Å². The zero-order valence-corrected chi connectivity index (χ0v) is 9.72. The number of amides is 2. The maximum Gasteiger partial charge on any atom is 0.317 e. The lowest BCUT2D eigenvalue weighted by Gasteiger charge is -1.95. The Kier molecular flexibility index (Phi) is 4.21. The minimum Gasteiger partial charge on any atom is -0.351 e. The highest BCUT2D eigenvalue weighted by atomic mass is 35.5. The van der Waals surface area contributed by atoms with Gasteiger partial charge < -0.3 is 5.73 Å². The van der Waals surface area contributed by atoms with Crippen LogP contribution in [0.5, 0.6) is 0 Å². The molecular weight excluding hydrogens is 248 g/mol. The standard InChI is InChI=1S/C9H8N4OS.ClH/c10-9(14)13-7-5-15-8(12-7)6-1-3-11-4-2-6;/h1-5H,(H3,10,13,14);1H. The number of urea groups is 1. The van der Waals surface area contributed by atoms with Crippen molar-refractivity contribution in [1.29, 1.82) is 0 Å². The van der Waals surface area contributed by atoms with Gasteiger partial charge in [0.25, 0.3) is 0 Å². The van der Waals surface area contributed by atoms with Gasteiger partial charge in [-0.15, -0.1) is 23.7 Å². The highest BCUT2D eigenvalue weighted by Crippen LogP contribution is 2.24. The number of anilines is 1. The van der Waals surface area contributed by atoms with Crippen molar-refractivity contribution < 1.29 is 4.79 Å². The number of nitrogens with zero attached hydrogens (tertiary/aromatic N) is 2. The van der Waals surface area contributed by atoms with E-state index in [1.54, 1.807) is 17.8 Å². The van der Waals surface area contributed by atoms with E-state index in [1.807, 2.05) is 12.1 Å². The Morgan fingerprint density at radius 2 is 2.06 bits per heavy atom. The highest BCUT2D eigenvalue weighted by Gasteiger charge is 2.04. The first-order chi connectivity index (χ1) is 7.25. The molecule has 2 aromatic heterocycles. The first-order valence-corrected chi connectivity index (χ1v) is 5.06. The molecule has 3 N–H and O–H groups in total. The Balaban J connectivity index is 0.00000128. The maximum absolute atomic E-state index is 10.6. The Labute approximate surface area is 102 Å². The smallest absolute Gasteiger partial charge is 0.317 e. The van der Waals surface area contributed by atoms with E-state index in [9.17, 15) is 4.79 Å². The van der Waals surface area contributed by atoms with Gasteiger partial charge in [-0.05, 0) is 12.1 Å². The number of primary amides is 1. The summed E-state index contributed by atoms with van der Waals surface area (Å²) in [6.07, 6.45) is 3.38. The minimum absolute atomic E-state index is 0. The second-order valence-electron chi connectivity index (χ2n) is 2.76. The average molecular weight is 257 g/mol. The van der Waals surface area contributed by atoms with Crippen molar-refractivity contribution in [2.24, 2.45) is 5.73 Å². The summed E-state index contributed by atoms with van der Waals surface area (Å²) >= 11 is 1.44. The number of nitrogens with one attached hydrogen (secondary N) is 1. The summed E-state index contributed by atoms with van der Waals surface area (Å²) in [5, 5.41) is 4.97. The third kappa shape index (κ3) is 2.91. The van der Waals surface area contributed by atoms with Crippen LogP contribution in [0.3, 0.4) is 0 Å². The van der Waals surface area contributed by atoms with Gasteiger partial charge in [0, 0.05) is 23.3 Å². The van der Waals surface area contributed by atoms with E-state index in [-0.39, 0.29) is 12.4 Å². The topological polar surface area (TPSA) is 80.9 Å². The molecule has 0 aliphatic carbocycles. The molecule has 0 aromatic carbocycles. The number of pyridine rings is 1. The number of rotatable bonds is 2. The van der Waals surface area contributed by atoms with Crippen molar-refractivity contribution in [1.82, 2.24) is 9.97 Å². The molecule has 0 fully saturated rings. The van der Waals surface area contributed by atoms with Crippen LogP contribution in [-0.2, 0) is 0 Å². The van der Waals surface area contributed by atoms with Gasteiger partial charge in [0.15, 0.2) is 0 Å². The quantitative estimate of drug-likeness (QED) is 0.864. The second-order valence-corrected chi connectivity index (χ2v) is 3.62. The number of nitrogens with two attached hydrogens (primary N) is 1. The van der Waals surface area contributed by atoms with Crippen molar-refractivity contribution in [2.45, 2.75) is 0 Å². The van der Waals surface area contributed by atoms with Crippen molar-refractivity contribution in [3.8, 4) is 10.6 Å². The first-order valence-electron chi connectivity index (χ1n) is 4.18. The Hall–Kier alpha value is -1.66. The van der Waals surface area contributed by atoms with Crippen LogP contribution in [0.25, 0.3) is 10.6 Å². The summed E-state index contributed by atoms with van der Waals surface area (Å²) in [5.41, 5.74) is 5.94. The third-order valence-electron chi connectivity index (χ3n) is 1.68. The largest absolute Gasteiger partial charge is 0.351 e. The van der Waals surface area contributed by atoms with Crippen LogP contribution < -0.4 is 11.1 Å². The molecule has 0 aliphatic heterocycles. The van der Waals surface area contributed by atoms with Crippen LogP contribution in [0.2, 0.25) is 0 Å². The molecule has 2 rings (SSSR count). The zero-order valence-electron chi connectivity index (χ0n) is 8.08. The summed E-state index contributed by atoms with van der Waals surface area (Å²) in [7, 11) is 0. The molecule has 2 amide bonds. The molecule has 16 heavy (non-hydrogen) atoms. The predicted octanol–water partition coefficient (Wildman–Crippen LogP) is 2.12. The molecule has 0 aliphatic rings. The van der Waals surface area contributed by atoms with Gasteiger partial charge in [0.05, 0.1) is 0 Å². The third-order valence-corrected chi connectivity index (χ3v) is 2.57. The van der Waals surface area contributed by atoms with Gasteiger partial charge >= 0.3 is 6.03 Å². The van der Waals surface area contributed by atoms with Gasteiger partial charge in [-0.3, -0.25) is 10.3 Å².